The van der Waals surface area contributed by atoms with Crippen LogP contribution in [0.1, 0.15) is 22.3 Å². The summed E-state index contributed by atoms with van der Waals surface area (Å²) in [5.41, 5.74) is 3.82. The van der Waals surface area contributed by atoms with Crippen LogP contribution in [0.2, 0.25) is 0 Å². The lowest BCUT2D eigenvalue weighted by molar-refractivity contribution is -0.119. The zero-order valence-electron chi connectivity index (χ0n) is 17.7. The third kappa shape index (κ3) is 5.30. The molecule has 0 spiro atoms. The largest absolute Gasteiger partial charge is 0.350 e. The molecule has 0 bridgehead atoms. The molecule has 5 nitrogen and oxygen atoms in total. The van der Waals surface area contributed by atoms with E-state index in [4.69, 9.17) is 0 Å². The van der Waals surface area contributed by atoms with Crippen molar-refractivity contribution in [1.82, 2.24) is 5.32 Å². The van der Waals surface area contributed by atoms with Crippen LogP contribution in [0, 0.1) is 26.6 Å². The van der Waals surface area contributed by atoms with Gasteiger partial charge in [-0.3, -0.25) is 9.10 Å². The number of nitrogens with zero attached hydrogens (tertiary/aromatic N) is 1. The Kier molecular flexibility index (Phi) is 6.75. The summed E-state index contributed by atoms with van der Waals surface area (Å²) in [4.78, 5) is 12.8. The molecule has 0 aliphatic rings. The lowest BCUT2D eigenvalue weighted by Gasteiger charge is -2.26. The second-order valence-corrected chi connectivity index (χ2v) is 9.31. The number of hydrogen-bond donors (Lipinski definition) is 1. The van der Waals surface area contributed by atoms with Gasteiger partial charge in [-0.1, -0.05) is 42.0 Å². The molecule has 3 aromatic rings. The lowest BCUT2D eigenvalue weighted by Crippen LogP contribution is -2.41. The summed E-state index contributed by atoms with van der Waals surface area (Å²) in [6, 6.07) is 17.7. The van der Waals surface area contributed by atoms with Crippen LogP contribution in [0.4, 0.5) is 10.1 Å². The molecule has 1 amide bonds. The van der Waals surface area contributed by atoms with Gasteiger partial charge >= 0.3 is 0 Å². The number of sulfonamides is 1. The molecule has 0 radical (unpaired) electrons. The monoisotopic (exact) mass is 440 g/mol. The van der Waals surface area contributed by atoms with Crippen LogP contribution in [0.25, 0.3) is 0 Å². The highest BCUT2D eigenvalue weighted by Crippen LogP contribution is 2.28. The molecule has 31 heavy (non-hydrogen) atoms. The van der Waals surface area contributed by atoms with Gasteiger partial charge in [0.2, 0.25) is 5.91 Å². The average molecular weight is 441 g/mol. The fourth-order valence-corrected chi connectivity index (χ4v) is 4.61. The van der Waals surface area contributed by atoms with Crippen molar-refractivity contribution < 1.29 is 17.6 Å². The average Bonchev–Trinajstić information content (AvgIpc) is 2.74. The van der Waals surface area contributed by atoms with Crippen molar-refractivity contribution in [2.75, 3.05) is 10.8 Å². The van der Waals surface area contributed by atoms with E-state index in [2.05, 4.69) is 5.32 Å². The van der Waals surface area contributed by atoms with E-state index in [1.54, 1.807) is 48.5 Å². The number of carbonyl (C=O) groups excluding carboxylic acids is 1. The van der Waals surface area contributed by atoms with Crippen molar-refractivity contribution in [2.24, 2.45) is 0 Å². The third-order valence-electron chi connectivity index (χ3n) is 5.14. The molecule has 0 atom stereocenters. The summed E-state index contributed by atoms with van der Waals surface area (Å²) in [6.07, 6.45) is 0. The van der Waals surface area contributed by atoms with E-state index >= 15 is 0 Å². The molecule has 0 unspecified atom stereocenters. The van der Waals surface area contributed by atoms with Crippen LogP contribution in [-0.2, 0) is 21.4 Å². The first kappa shape index (κ1) is 22.5. The number of nitrogens with one attached hydrogen (secondary N) is 1. The fraction of sp³-hybridized carbons (Fsp3) is 0.208. The first-order chi connectivity index (χ1) is 14.7. The number of carbonyl (C=O) groups is 1. The first-order valence-electron chi connectivity index (χ1n) is 9.85. The van der Waals surface area contributed by atoms with E-state index in [1.165, 1.54) is 12.1 Å². The Bertz CT molecular complexity index is 1170. The number of anilines is 1. The third-order valence-corrected chi connectivity index (χ3v) is 6.92. The molecule has 162 valence electrons. The van der Waals surface area contributed by atoms with Crippen molar-refractivity contribution in [2.45, 2.75) is 32.2 Å². The molecule has 0 heterocycles. The number of hydrogen-bond acceptors (Lipinski definition) is 3. The predicted octanol–water partition coefficient (Wildman–Crippen LogP) is 4.26. The molecule has 0 aromatic heterocycles. The Hall–Kier alpha value is -3.19. The smallest absolute Gasteiger partial charge is 0.264 e. The summed E-state index contributed by atoms with van der Waals surface area (Å²) in [5.74, 6) is -0.818. The lowest BCUT2D eigenvalue weighted by atomic mass is 10.1. The number of benzene rings is 3. The molecule has 7 heteroatoms. The minimum atomic E-state index is -3.97. The molecule has 0 saturated carbocycles. The molecule has 3 rings (SSSR count). The maximum atomic E-state index is 13.5. The Labute approximate surface area is 182 Å². The van der Waals surface area contributed by atoms with E-state index in [9.17, 15) is 17.6 Å². The molecule has 0 saturated heterocycles. The maximum absolute atomic E-state index is 13.5. The molecule has 0 fully saturated rings. The zero-order chi connectivity index (χ0) is 22.6. The Balaban J connectivity index is 1.90. The number of amides is 1. The van der Waals surface area contributed by atoms with E-state index in [0.29, 0.717) is 5.69 Å². The number of aryl methyl sites for hydroxylation is 2. The Morgan fingerprint density at radius 2 is 1.58 bits per heavy atom. The fourth-order valence-electron chi connectivity index (χ4n) is 3.13. The highest BCUT2D eigenvalue weighted by atomic mass is 32.2. The maximum Gasteiger partial charge on any atom is 0.264 e. The highest BCUT2D eigenvalue weighted by molar-refractivity contribution is 7.92. The van der Waals surface area contributed by atoms with Gasteiger partial charge in [0.25, 0.3) is 10.0 Å². The molecule has 0 aliphatic heterocycles. The number of halogens is 1. The summed E-state index contributed by atoms with van der Waals surface area (Å²) < 4.78 is 41.1. The minimum Gasteiger partial charge on any atom is -0.350 e. The van der Waals surface area contributed by atoms with E-state index in [-0.39, 0.29) is 23.8 Å². The second-order valence-electron chi connectivity index (χ2n) is 7.45. The van der Waals surface area contributed by atoms with Crippen molar-refractivity contribution in [3.8, 4) is 0 Å². The number of rotatable bonds is 7. The second kappa shape index (κ2) is 9.31. The zero-order valence-corrected chi connectivity index (χ0v) is 18.5. The summed E-state index contributed by atoms with van der Waals surface area (Å²) in [6.45, 7) is 5.40. The van der Waals surface area contributed by atoms with Crippen molar-refractivity contribution >= 4 is 21.6 Å². The van der Waals surface area contributed by atoms with Crippen LogP contribution >= 0.6 is 0 Å². The van der Waals surface area contributed by atoms with Crippen molar-refractivity contribution in [1.29, 1.82) is 0 Å². The SMILES string of the molecule is Cc1ccc(S(=O)(=O)N(CC(=O)NCc2ccc(F)cc2)c2cccc(C)c2C)cc1. The van der Waals surface area contributed by atoms with E-state index in [0.717, 1.165) is 26.6 Å². The van der Waals surface area contributed by atoms with Gasteiger partial charge in [-0.25, -0.2) is 12.8 Å². The summed E-state index contributed by atoms with van der Waals surface area (Å²) in [5, 5.41) is 2.72. The van der Waals surface area contributed by atoms with Crippen LogP contribution in [0.15, 0.2) is 71.6 Å². The van der Waals surface area contributed by atoms with Gasteiger partial charge in [-0.15, -0.1) is 0 Å². The van der Waals surface area contributed by atoms with Gasteiger partial charge in [-0.2, -0.15) is 0 Å². The van der Waals surface area contributed by atoms with E-state index < -0.39 is 15.9 Å². The van der Waals surface area contributed by atoms with Gasteiger partial charge in [0.05, 0.1) is 10.6 Å². The molecular weight excluding hydrogens is 415 g/mol. The molecule has 3 aromatic carbocycles. The summed E-state index contributed by atoms with van der Waals surface area (Å²) >= 11 is 0. The van der Waals surface area contributed by atoms with Crippen LogP contribution in [0.5, 0.6) is 0 Å². The van der Waals surface area contributed by atoms with Crippen LogP contribution in [-0.4, -0.2) is 20.9 Å². The predicted molar refractivity (Wildman–Crippen MR) is 120 cm³/mol. The molecular formula is C24H25FN2O3S. The topological polar surface area (TPSA) is 66.5 Å². The van der Waals surface area contributed by atoms with Crippen LogP contribution < -0.4 is 9.62 Å². The van der Waals surface area contributed by atoms with Gasteiger partial charge in [-0.05, 0) is 67.8 Å². The molecule has 0 aliphatic carbocycles. The quantitative estimate of drug-likeness (QED) is 0.597. The molecule has 1 N–H and O–H groups in total. The van der Waals surface area contributed by atoms with Crippen LogP contribution in [0.3, 0.4) is 0 Å². The highest BCUT2D eigenvalue weighted by Gasteiger charge is 2.28. The van der Waals surface area contributed by atoms with E-state index in [1.807, 2.05) is 26.8 Å². The first-order valence-corrected chi connectivity index (χ1v) is 11.3. The van der Waals surface area contributed by atoms with Gasteiger partial charge in [0.1, 0.15) is 12.4 Å². The van der Waals surface area contributed by atoms with Crippen molar-refractivity contribution in [3.05, 3.63) is 94.8 Å². The van der Waals surface area contributed by atoms with Gasteiger partial charge < -0.3 is 5.32 Å². The van der Waals surface area contributed by atoms with Gasteiger partial charge in [0, 0.05) is 6.54 Å². The Morgan fingerprint density at radius 3 is 2.23 bits per heavy atom. The van der Waals surface area contributed by atoms with Gasteiger partial charge in [0.15, 0.2) is 0 Å². The van der Waals surface area contributed by atoms with Crippen molar-refractivity contribution in [3.63, 3.8) is 0 Å². The minimum absolute atomic E-state index is 0.116. The normalized spacial score (nSPS) is 11.2. The summed E-state index contributed by atoms with van der Waals surface area (Å²) in [7, 11) is -3.97. The standard InChI is InChI=1S/C24H25FN2O3S/c1-17-7-13-22(14-8-17)31(29,30)27(23-6-4-5-18(2)19(23)3)16-24(28)26-15-20-9-11-21(25)12-10-20/h4-14H,15-16H2,1-3H3,(H,26,28). The Morgan fingerprint density at radius 1 is 0.935 bits per heavy atom.